The van der Waals surface area contributed by atoms with Crippen LogP contribution in [-0.4, -0.2) is 60.6 Å². The van der Waals surface area contributed by atoms with E-state index in [4.69, 9.17) is 25.8 Å². The summed E-state index contributed by atoms with van der Waals surface area (Å²) in [5, 5.41) is 9.72. The first-order valence-corrected chi connectivity index (χ1v) is 10.1. The number of hydrogen-bond donors (Lipinski definition) is 2. The van der Waals surface area contributed by atoms with Gasteiger partial charge in [-0.3, -0.25) is 0 Å². The van der Waals surface area contributed by atoms with E-state index >= 15 is 0 Å². The summed E-state index contributed by atoms with van der Waals surface area (Å²) in [5.41, 5.74) is 1.67. The number of nitrogens with zero attached hydrogens (tertiary/aromatic N) is 3. The first-order valence-electron chi connectivity index (χ1n) is 9.61. The molecule has 3 rings (SSSR count). The van der Waals surface area contributed by atoms with Gasteiger partial charge in [-0.25, -0.2) is 9.48 Å². The molecule has 31 heavy (non-hydrogen) atoms. The number of halogens is 1. The molecule has 0 spiro atoms. The van der Waals surface area contributed by atoms with E-state index in [2.05, 4.69) is 20.7 Å². The third-order valence-corrected chi connectivity index (χ3v) is 4.43. The molecule has 0 fully saturated rings. The lowest BCUT2D eigenvalue weighted by Crippen LogP contribution is -2.38. The SMILES string of the molecule is COc1ccc(-n2nc(OC)nc2-c2ccc(OCCNC(=O)NCCCl)cc2)cc1. The Morgan fingerprint density at radius 2 is 1.65 bits per heavy atom. The van der Waals surface area contributed by atoms with E-state index < -0.39 is 0 Å². The molecule has 0 aliphatic heterocycles. The Morgan fingerprint density at radius 1 is 0.968 bits per heavy atom. The first-order chi connectivity index (χ1) is 15.1. The molecule has 3 aromatic rings. The van der Waals surface area contributed by atoms with E-state index in [1.54, 1.807) is 11.8 Å². The van der Waals surface area contributed by atoms with Crippen molar-refractivity contribution in [2.75, 3.05) is 39.8 Å². The topological polar surface area (TPSA) is 99.5 Å². The van der Waals surface area contributed by atoms with Crippen LogP contribution in [0.1, 0.15) is 0 Å². The van der Waals surface area contributed by atoms with Gasteiger partial charge >= 0.3 is 12.0 Å². The average Bonchev–Trinajstić information content (AvgIpc) is 3.25. The zero-order valence-electron chi connectivity index (χ0n) is 17.3. The molecule has 2 aromatic carbocycles. The fourth-order valence-corrected chi connectivity index (χ4v) is 2.82. The minimum Gasteiger partial charge on any atom is -0.497 e. The number of benzene rings is 2. The van der Waals surface area contributed by atoms with Crippen molar-refractivity contribution >= 4 is 17.6 Å². The Kier molecular flexibility index (Phi) is 7.94. The molecule has 0 saturated carbocycles. The summed E-state index contributed by atoms with van der Waals surface area (Å²) in [5.74, 6) is 2.43. The molecule has 2 N–H and O–H groups in total. The predicted molar refractivity (Wildman–Crippen MR) is 118 cm³/mol. The fourth-order valence-electron chi connectivity index (χ4n) is 2.73. The number of urea groups is 1. The second-order valence-electron chi connectivity index (χ2n) is 6.28. The number of amides is 2. The summed E-state index contributed by atoms with van der Waals surface area (Å²) in [6, 6.07) is 14.9. The molecule has 0 radical (unpaired) electrons. The molecule has 0 saturated heterocycles. The third-order valence-electron chi connectivity index (χ3n) is 4.24. The van der Waals surface area contributed by atoms with E-state index in [0.717, 1.165) is 17.0 Å². The van der Waals surface area contributed by atoms with Crippen molar-refractivity contribution in [3.8, 4) is 34.6 Å². The van der Waals surface area contributed by atoms with Gasteiger partial charge in [-0.2, -0.15) is 4.98 Å². The average molecular weight is 446 g/mol. The number of carbonyl (C=O) groups is 1. The van der Waals surface area contributed by atoms with Crippen LogP contribution in [0.3, 0.4) is 0 Å². The van der Waals surface area contributed by atoms with Crippen LogP contribution in [0.2, 0.25) is 0 Å². The number of alkyl halides is 1. The Bertz CT molecular complexity index is 976. The quantitative estimate of drug-likeness (QED) is 0.367. The molecule has 164 valence electrons. The molecule has 0 atom stereocenters. The summed E-state index contributed by atoms with van der Waals surface area (Å²) in [4.78, 5) is 15.9. The molecule has 0 unspecified atom stereocenters. The highest BCUT2D eigenvalue weighted by Crippen LogP contribution is 2.26. The highest BCUT2D eigenvalue weighted by Gasteiger charge is 2.14. The van der Waals surface area contributed by atoms with E-state index in [1.807, 2.05) is 48.5 Å². The second-order valence-corrected chi connectivity index (χ2v) is 6.65. The summed E-state index contributed by atoms with van der Waals surface area (Å²) < 4.78 is 17.8. The molecule has 0 aliphatic rings. The third kappa shape index (κ3) is 6.02. The van der Waals surface area contributed by atoms with Crippen molar-refractivity contribution < 1.29 is 19.0 Å². The Labute approximate surface area is 185 Å². The fraction of sp³-hybridized carbons (Fsp3) is 0.286. The summed E-state index contributed by atoms with van der Waals surface area (Å²) in [7, 11) is 3.15. The van der Waals surface area contributed by atoms with E-state index in [-0.39, 0.29) is 12.0 Å². The van der Waals surface area contributed by atoms with Gasteiger partial charge in [-0.15, -0.1) is 16.7 Å². The van der Waals surface area contributed by atoms with Gasteiger partial charge in [0, 0.05) is 18.0 Å². The van der Waals surface area contributed by atoms with E-state index in [9.17, 15) is 4.79 Å². The Hall–Kier alpha value is -3.46. The number of aromatic nitrogens is 3. The molecular weight excluding hydrogens is 422 g/mol. The second kappa shape index (κ2) is 11.1. The van der Waals surface area contributed by atoms with Gasteiger partial charge in [-0.05, 0) is 48.5 Å². The number of nitrogens with one attached hydrogen (secondary N) is 2. The smallest absolute Gasteiger partial charge is 0.336 e. The van der Waals surface area contributed by atoms with Crippen molar-refractivity contribution in [3.63, 3.8) is 0 Å². The molecule has 0 bridgehead atoms. The number of rotatable bonds is 10. The predicted octanol–water partition coefficient (Wildman–Crippen LogP) is 2.87. The van der Waals surface area contributed by atoms with Crippen LogP contribution >= 0.6 is 11.6 Å². The molecule has 1 heterocycles. The van der Waals surface area contributed by atoms with Crippen LogP contribution < -0.4 is 24.8 Å². The lowest BCUT2D eigenvalue weighted by molar-refractivity contribution is 0.237. The maximum Gasteiger partial charge on any atom is 0.336 e. The molecular formula is C21H24ClN5O4. The monoisotopic (exact) mass is 445 g/mol. The summed E-state index contributed by atoms with van der Waals surface area (Å²) >= 11 is 5.52. The number of methoxy groups -OCH3 is 2. The molecule has 2 amide bonds. The van der Waals surface area contributed by atoms with Gasteiger partial charge in [0.25, 0.3) is 0 Å². The lowest BCUT2D eigenvalue weighted by atomic mass is 10.2. The zero-order valence-corrected chi connectivity index (χ0v) is 18.1. The maximum absolute atomic E-state index is 11.5. The van der Waals surface area contributed by atoms with Gasteiger partial charge in [0.15, 0.2) is 5.82 Å². The van der Waals surface area contributed by atoms with Crippen LogP contribution in [0, 0.1) is 0 Å². The largest absolute Gasteiger partial charge is 0.497 e. The van der Waals surface area contributed by atoms with Crippen molar-refractivity contribution in [2.45, 2.75) is 0 Å². The van der Waals surface area contributed by atoms with Gasteiger partial charge in [-0.1, -0.05) is 0 Å². The standard InChI is InChI=1S/C21H24ClN5O4/c1-29-17-9-5-16(6-10-17)27-19(25-21(26-27)30-2)15-3-7-18(8-4-15)31-14-13-24-20(28)23-12-11-22/h3-10H,11-14H2,1-2H3,(H2,23,24,28). The van der Waals surface area contributed by atoms with Crippen molar-refractivity contribution in [2.24, 2.45) is 0 Å². The van der Waals surface area contributed by atoms with E-state index in [1.165, 1.54) is 7.11 Å². The minimum absolute atomic E-state index is 0.268. The van der Waals surface area contributed by atoms with Gasteiger partial charge in [0.05, 0.1) is 26.5 Å². The van der Waals surface area contributed by atoms with Crippen LogP contribution in [0.15, 0.2) is 48.5 Å². The van der Waals surface area contributed by atoms with Crippen LogP contribution in [0.5, 0.6) is 17.5 Å². The number of ether oxygens (including phenoxy) is 3. The van der Waals surface area contributed by atoms with Gasteiger partial charge in [0.1, 0.15) is 18.1 Å². The van der Waals surface area contributed by atoms with E-state index in [0.29, 0.717) is 37.2 Å². The lowest BCUT2D eigenvalue weighted by Gasteiger charge is -2.10. The van der Waals surface area contributed by atoms with Crippen LogP contribution in [0.25, 0.3) is 17.1 Å². The number of hydrogen-bond acceptors (Lipinski definition) is 6. The van der Waals surface area contributed by atoms with Crippen molar-refractivity contribution in [3.05, 3.63) is 48.5 Å². The highest BCUT2D eigenvalue weighted by molar-refractivity contribution is 6.18. The normalized spacial score (nSPS) is 10.4. The first kappa shape index (κ1) is 22.2. The van der Waals surface area contributed by atoms with Crippen LogP contribution in [0.4, 0.5) is 4.79 Å². The summed E-state index contributed by atoms with van der Waals surface area (Å²) in [6.07, 6.45) is 0. The van der Waals surface area contributed by atoms with Crippen molar-refractivity contribution in [1.82, 2.24) is 25.4 Å². The molecule has 9 nitrogen and oxygen atoms in total. The van der Waals surface area contributed by atoms with Crippen LogP contribution in [-0.2, 0) is 0 Å². The molecule has 0 aliphatic carbocycles. The zero-order chi connectivity index (χ0) is 22.1. The highest BCUT2D eigenvalue weighted by atomic mass is 35.5. The van der Waals surface area contributed by atoms with Gasteiger partial charge in [0.2, 0.25) is 0 Å². The number of carbonyl (C=O) groups excluding carboxylic acids is 1. The maximum atomic E-state index is 11.5. The van der Waals surface area contributed by atoms with Crippen molar-refractivity contribution in [1.29, 1.82) is 0 Å². The molecule has 1 aromatic heterocycles. The Balaban J connectivity index is 1.66. The summed E-state index contributed by atoms with van der Waals surface area (Å²) in [6.45, 7) is 1.13. The minimum atomic E-state index is -0.272. The van der Waals surface area contributed by atoms with Gasteiger partial charge < -0.3 is 24.8 Å². The molecule has 10 heteroatoms. The Morgan fingerprint density at radius 3 is 2.29 bits per heavy atom.